The Morgan fingerprint density at radius 1 is 1.30 bits per heavy atom. The number of hydrogen-bond acceptors (Lipinski definition) is 4. The third-order valence-electron chi connectivity index (χ3n) is 4.44. The normalized spacial score (nSPS) is 12.1. The molecule has 0 bridgehead atoms. The minimum absolute atomic E-state index is 0.0502. The SMILES string of the molecule is C=CCc1cc([N+](=O)[O-])c(CO[Si](C)(C)C(C)(C)C)cc1OC. The van der Waals surface area contributed by atoms with Gasteiger partial charge in [-0.3, -0.25) is 10.1 Å². The quantitative estimate of drug-likeness (QED) is 0.309. The Bertz CT molecular complexity index is 591. The summed E-state index contributed by atoms with van der Waals surface area (Å²) < 4.78 is 11.5. The molecule has 0 N–H and O–H groups in total. The van der Waals surface area contributed by atoms with E-state index in [1.165, 1.54) is 0 Å². The molecule has 128 valence electrons. The second-order valence-electron chi connectivity index (χ2n) is 7.09. The standard InChI is InChI=1S/C17H27NO4Si/c1-8-9-13-10-15(18(19)20)14(11-16(13)21-5)12-22-23(6,7)17(2,3)4/h8,10-11H,1,9,12H2,2-7H3. The van der Waals surface area contributed by atoms with E-state index in [2.05, 4.69) is 40.4 Å². The Morgan fingerprint density at radius 3 is 2.35 bits per heavy atom. The van der Waals surface area contributed by atoms with Gasteiger partial charge in [-0.15, -0.1) is 6.58 Å². The summed E-state index contributed by atoms with van der Waals surface area (Å²) in [4.78, 5) is 11.0. The molecule has 0 aliphatic rings. The Kier molecular flexibility index (Phi) is 6.13. The molecule has 0 atom stereocenters. The van der Waals surface area contributed by atoms with E-state index in [0.717, 1.165) is 5.56 Å². The zero-order valence-electron chi connectivity index (χ0n) is 14.9. The molecule has 0 fully saturated rings. The van der Waals surface area contributed by atoms with Crippen molar-refractivity contribution in [1.82, 2.24) is 0 Å². The van der Waals surface area contributed by atoms with Crippen molar-refractivity contribution < 1.29 is 14.1 Å². The van der Waals surface area contributed by atoms with E-state index in [9.17, 15) is 10.1 Å². The maximum Gasteiger partial charge on any atom is 0.275 e. The van der Waals surface area contributed by atoms with E-state index < -0.39 is 8.32 Å². The van der Waals surface area contributed by atoms with Crippen LogP contribution in [0, 0.1) is 10.1 Å². The zero-order valence-corrected chi connectivity index (χ0v) is 15.9. The van der Waals surface area contributed by atoms with Crippen molar-refractivity contribution in [3.63, 3.8) is 0 Å². The maximum atomic E-state index is 11.4. The van der Waals surface area contributed by atoms with Gasteiger partial charge in [0.15, 0.2) is 8.32 Å². The summed E-state index contributed by atoms with van der Waals surface area (Å²) in [5.41, 5.74) is 1.37. The molecule has 0 saturated carbocycles. The summed E-state index contributed by atoms with van der Waals surface area (Å²) in [5.74, 6) is 0.629. The molecule has 0 radical (unpaired) electrons. The third kappa shape index (κ3) is 4.65. The molecule has 1 rings (SSSR count). The highest BCUT2D eigenvalue weighted by Crippen LogP contribution is 2.38. The van der Waals surface area contributed by atoms with E-state index >= 15 is 0 Å². The third-order valence-corrected chi connectivity index (χ3v) is 8.92. The highest BCUT2D eigenvalue weighted by molar-refractivity contribution is 6.74. The molecular formula is C17H27NO4Si. The highest BCUT2D eigenvalue weighted by Gasteiger charge is 2.37. The molecular weight excluding hydrogens is 310 g/mol. The average Bonchev–Trinajstić information content (AvgIpc) is 2.44. The lowest BCUT2D eigenvalue weighted by atomic mass is 10.1. The lowest BCUT2D eigenvalue weighted by molar-refractivity contribution is -0.385. The first kappa shape index (κ1) is 19.4. The molecule has 1 aromatic rings. The molecule has 0 unspecified atom stereocenters. The van der Waals surface area contributed by atoms with Gasteiger partial charge in [0, 0.05) is 11.6 Å². The van der Waals surface area contributed by atoms with Crippen molar-refractivity contribution in [2.45, 2.75) is 51.9 Å². The molecule has 0 amide bonds. The fraction of sp³-hybridized carbons (Fsp3) is 0.529. The van der Waals surface area contributed by atoms with Crippen molar-refractivity contribution >= 4 is 14.0 Å². The number of methoxy groups -OCH3 is 1. The van der Waals surface area contributed by atoms with Gasteiger partial charge in [-0.2, -0.15) is 0 Å². The smallest absolute Gasteiger partial charge is 0.275 e. The lowest BCUT2D eigenvalue weighted by Crippen LogP contribution is -2.40. The van der Waals surface area contributed by atoms with Crippen LogP contribution in [0.3, 0.4) is 0 Å². The van der Waals surface area contributed by atoms with Gasteiger partial charge < -0.3 is 9.16 Å². The number of allylic oxidation sites excluding steroid dienone is 1. The van der Waals surface area contributed by atoms with E-state index in [1.807, 2.05) is 0 Å². The van der Waals surface area contributed by atoms with Crippen LogP contribution in [0.4, 0.5) is 5.69 Å². The Balaban J connectivity index is 3.19. The summed E-state index contributed by atoms with van der Waals surface area (Å²) in [5, 5.41) is 11.4. The summed E-state index contributed by atoms with van der Waals surface area (Å²) in [7, 11) is -0.420. The van der Waals surface area contributed by atoms with Gasteiger partial charge in [-0.25, -0.2) is 0 Å². The van der Waals surface area contributed by atoms with Crippen molar-refractivity contribution in [2.75, 3.05) is 7.11 Å². The fourth-order valence-electron chi connectivity index (χ4n) is 1.92. The molecule has 23 heavy (non-hydrogen) atoms. The van der Waals surface area contributed by atoms with E-state index in [0.29, 0.717) is 17.7 Å². The molecule has 0 heterocycles. The van der Waals surface area contributed by atoms with Crippen LogP contribution in [-0.2, 0) is 17.5 Å². The molecule has 6 heteroatoms. The summed E-state index contributed by atoms with van der Waals surface area (Å²) in [6.07, 6.45) is 2.22. The van der Waals surface area contributed by atoms with Crippen molar-refractivity contribution in [2.24, 2.45) is 0 Å². The number of ether oxygens (including phenoxy) is 1. The topological polar surface area (TPSA) is 61.6 Å². The Hall–Kier alpha value is -1.66. The first-order valence-electron chi connectivity index (χ1n) is 7.62. The van der Waals surface area contributed by atoms with E-state index in [1.54, 1.807) is 25.3 Å². The van der Waals surface area contributed by atoms with Crippen LogP contribution < -0.4 is 4.74 Å². The molecule has 0 aliphatic carbocycles. The molecule has 0 aromatic heterocycles. The first-order chi connectivity index (χ1) is 10.5. The van der Waals surface area contributed by atoms with Gasteiger partial charge in [-0.05, 0) is 30.6 Å². The second-order valence-corrected chi connectivity index (χ2v) is 11.9. The van der Waals surface area contributed by atoms with E-state index in [-0.39, 0.29) is 22.3 Å². The number of rotatable bonds is 7. The van der Waals surface area contributed by atoms with Gasteiger partial charge >= 0.3 is 0 Å². The van der Waals surface area contributed by atoms with Crippen LogP contribution in [0.25, 0.3) is 0 Å². The average molecular weight is 337 g/mol. The Morgan fingerprint density at radius 2 is 1.91 bits per heavy atom. The highest BCUT2D eigenvalue weighted by atomic mass is 28.4. The Labute approximate surface area is 139 Å². The fourth-order valence-corrected chi connectivity index (χ4v) is 2.87. The van der Waals surface area contributed by atoms with Gasteiger partial charge in [0.05, 0.1) is 24.2 Å². The number of nitro benzene ring substituents is 1. The minimum Gasteiger partial charge on any atom is -0.496 e. The number of benzene rings is 1. The van der Waals surface area contributed by atoms with Crippen LogP contribution in [0.1, 0.15) is 31.9 Å². The van der Waals surface area contributed by atoms with Crippen LogP contribution in [-0.4, -0.2) is 20.4 Å². The largest absolute Gasteiger partial charge is 0.496 e. The van der Waals surface area contributed by atoms with Crippen LogP contribution in [0.2, 0.25) is 18.1 Å². The van der Waals surface area contributed by atoms with Crippen LogP contribution in [0.15, 0.2) is 24.8 Å². The van der Waals surface area contributed by atoms with Crippen LogP contribution in [0.5, 0.6) is 5.75 Å². The molecule has 0 saturated heterocycles. The van der Waals surface area contributed by atoms with E-state index in [4.69, 9.17) is 9.16 Å². The number of nitrogens with zero attached hydrogens (tertiary/aromatic N) is 1. The lowest BCUT2D eigenvalue weighted by Gasteiger charge is -2.36. The molecule has 0 aliphatic heterocycles. The van der Waals surface area contributed by atoms with Gasteiger partial charge in [0.1, 0.15) is 5.75 Å². The summed E-state index contributed by atoms with van der Waals surface area (Å²) >= 11 is 0. The monoisotopic (exact) mass is 337 g/mol. The van der Waals surface area contributed by atoms with Crippen LogP contribution >= 0.6 is 0 Å². The molecule has 0 spiro atoms. The number of hydrogen-bond donors (Lipinski definition) is 0. The van der Waals surface area contributed by atoms with Gasteiger partial charge in [0.2, 0.25) is 0 Å². The second kappa shape index (κ2) is 7.27. The van der Waals surface area contributed by atoms with Crippen molar-refractivity contribution in [3.05, 3.63) is 46.0 Å². The van der Waals surface area contributed by atoms with Gasteiger partial charge in [0.25, 0.3) is 5.69 Å². The van der Waals surface area contributed by atoms with Crippen molar-refractivity contribution in [3.8, 4) is 5.75 Å². The molecule has 5 nitrogen and oxygen atoms in total. The summed E-state index contributed by atoms with van der Waals surface area (Å²) in [6.45, 7) is 14.6. The minimum atomic E-state index is -1.98. The van der Waals surface area contributed by atoms with Crippen molar-refractivity contribution in [1.29, 1.82) is 0 Å². The maximum absolute atomic E-state index is 11.4. The predicted octanol–water partition coefficient (Wildman–Crippen LogP) is 4.85. The number of nitro groups is 1. The summed E-state index contributed by atoms with van der Waals surface area (Å²) in [6, 6.07) is 3.27. The zero-order chi connectivity index (χ0) is 17.8. The molecule has 1 aromatic carbocycles. The predicted molar refractivity (Wildman–Crippen MR) is 95.5 cm³/mol. The first-order valence-corrected chi connectivity index (χ1v) is 10.5. The van der Waals surface area contributed by atoms with Gasteiger partial charge in [-0.1, -0.05) is 26.8 Å².